The van der Waals surface area contributed by atoms with Gasteiger partial charge in [0.15, 0.2) is 0 Å². The second-order valence-electron chi connectivity index (χ2n) is 4.68. The van der Waals surface area contributed by atoms with E-state index >= 15 is 0 Å². The van der Waals surface area contributed by atoms with Crippen LogP contribution in [0.2, 0.25) is 0 Å². The average molecular weight is 246 g/mol. The maximum atomic E-state index is 5.61. The van der Waals surface area contributed by atoms with Crippen molar-refractivity contribution < 1.29 is 9.47 Å². The molecule has 2 N–H and O–H groups in total. The standard InChI is InChI=1S/C14H18N2O2/c1-9-7-11-12(16-9)4-3-10(14(11)17-2)13-8-18-6-5-15-13/h3-4,7,13,15-16H,5-6,8H2,1-2H3. The van der Waals surface area contributed by atoms with Crippen molar-refractivity contribution in [3.63, 3.8) is 0 Å². The molecule has 3 rings (SSSR count). The van der Waals surface area contributed by atoms with E-state index < -0.39 is 0 Å². The Bertz CT molecular complexity index is 556. The van der Waals surface area contributed by atoms with Gasteiger partial charge in [0.25, 0.3) is 0 Å². The number of hydrogen-bond donors (Lipinski definition) is 2. The van der Waals surface area contributed by atoms with Crippen LogP contribution in [0.4, 0.5) is 0 Å². The molecule has 4 nitrogen and oxygen atoms in total. The van der Waals surface area contributed by atoms with Crippen LogP contribution >= 0.6 is 0 Å². The monoisotopic (exact) mass is 246 g/mol. The van der Waals surface area contributed by atoms with Gasteiger partial charge in [-0.1, -0.05) is 6.07 Å². The van der Waals surface area contributed by atoms with Crippen LogP contribution in [0, 0.1) is 6.92 Å². The molecule has 18 heavy (non-hydrogen) atoms. The molecule has 1 aliphatic heterocycles. The third kappa shape index (κ3) is 1.87. The highest BCUT2D eigenvalue weighted by atomic mass is 16.5. The number of morpholine rings is 1. The second kappa shape index (κ2) is 4.63. The number of methoxy groups -OCH3 is 1. The minimum absolute atomic E-state index is 0.216. The molecule has 0 spiro atoms. The lowest BCUT2D eigenvalue weighted by atomic mass is 10.0. The van der Waals surface area contributed by atoms with Gasteiger partial charge in [0, 0.05) is 28.7 Å². The molecular weight excluding hydrogens is 228 g/mol. The Kier molecular flexibility index (Phi) is 2.97. The molecule has 0 radical (unpaired) electrons. The predicted octanol–water partition coefficient (Wildman–Crippen LogP) is 2.15. The molecule has 2 heterocycles. The lowest BCUT2D eigenvalue weighted by molar-refractivity contribution is 0.0761. The zero-order chi connectivity index (χ0) is 12.5. The summed E-state index contributed by atoms with van der Waals surface area (Å²) >= 11 is 0. The third-order valence-electron chi connectivity index (χ3n) is 3.42. The van der Waals surface area contributed by atoms with E-state index in [9.17, 15) is 0 Å². The van der Waals surface area contributed by atoms with Crippen LogP contribution in [0.5, 0.6) is 5.75 Å². The van der Waals surface area contributed by atoms with Gasteiger partial charge < -0.3 is 19.8 Å². The molecule has 1 aromatic heterocycles. The number of fused-ring (bicyclic) bond motifs is 1. The summed E-state index contributed by atoms with van der Waals surface area (Å²) in [6.45, 7) is 4.43. The van der Waals surface area contributed by atoms with Crippen LogP contribution < -0.4 is 10.1 Å². The van der Waals surface area contributed by atoms with Crippen LogP contribution in [0.25, 0.3) is 10.9 Å². The molecule has 0 bridgehead atoms. The number of aromatic nitrogens is 1. The van der Waals surface area contributed by atoms with Gasteiger partial charge in [0.2, 0.25) is 0 Å². The fourth-order valence-corrected chi connectivity index (χ4v) is 2.60. The first-order chi connectivity index (χ1) is 8.79. The Morgan fingerprint density at radius 2 is 2.28 bits per heavy atom. The van der Waals surface area contributed by atoms with Gasteiger partial charge in [-0.25, -0.2) is 0 Å². The van der Waals surface area contributed by atoms with E-state index in [1.54, 1.807) is 7.11 Å². The van der Waals surface area contributed by atoms with E-state index in [0.29, 0.717) is 6.61 Å². The van der Waals surface area contributed by atoms with Gasteiger partial charge in [0.1, 0.15) is 5.75 Å². The Morgan fingerprint density at radius 3 is 3.00 bits per heavy atom. The Morgan fingerprint density at radius 1 is 1.39 bits per heavy atom. The lowest BCUT2D eigenvalue weighted by Crippen LogP contribution is -2.34. The number of aryl methyl sites for hydroxylation is 1. The highest BCUT2D eigenvalue weighted by molar-refractivity contribution is 5.88. The Balaban J connectivity index is 2.10. The normalized spacial score (nSPS) is 20.2. The van der Waals surface area contributed by atoms with Crippen LogP contribution in [-0.4, -0.2) is 31.9 Å². The molecule has 1 atom stereocenters. The zero-order valence-electron chi connectivity index (χ0n) is 10.7. The zero-order valence-corrected chi connectivity index (χ0v) is 10.7. The van der Waals surface area contributed by atoms with E-state index in [1.807, 2.05) is 0 Å². The second-order valence-corrected chi connectivity index (χ2v) is 4.68. The van der Waals surface area contributed by atoms with E-state index in [1.165, 1.54) is 5.56 Å². The first-order valence-corrected chi connectivity index (χ1v) is 6.27. The first-order valence-electron chi connectivity index (χ1n) is 6.27. The summed E-state index contributed by atoms with van der Waals surface area (Å²) in [4.78, 5) is 3.33. The number of rotatable bonds is 2. The van der Waals surface area contributed by atoms with E-state index in [0.717, 1.165) is 35.5 Å². The van der Waals surface area contributed by atoms with Gasteiger partial charge in [-0.15, -0.1) is 0 Å². The SMILES string of the molecule is COc1c(C2COCCN2)ccc2[nH]c(C)cc12. The largest absolute Gasteiger partial charge is 0.496 e. The number of aromatic amines is 1. The van der Waals surface area contributed by atoms with Crippen molar-refractivity contribution in [2.75, 3.05) is 26.9 Å². The highest BCUT2D eigenvalue weighted by Crippen LogP contribution is 2.34. The van der Waals surface area contributed by atoms with Crippen LogP contribution in [-0.2, 0) is 4.74 Å². The molecule has 96 valence electrons. The molecule has 1 fully saturated rings. The molecule has 0 aliphatic carbocycles. The van der Waals surface area contributed by atoms with Crippen molar-refractivity contribution in [2.24, 2.45) is 0 Å². The van der Waals surface area contributed by atoms with Gasteiger partial charge >= 0.3 is 0 Å². The number of benzene rings is 1. The Hall–Kier alpha value is -1.52. The summed E-state index contributed by atoms with van der Waals surface area (Å²) in [7, 11) is 1.73. The maximum Gasteiger partial charge on any atom is 0.133 e. The van der Waals surface area contributed by atoms with Crippen molar-refractivity contribution in [2.45, 2.75) is 13.0 Å². The van der Waals surface area contributed by atoms with Gasteiger partial charge in [-0.2, -0.15) is 0 Å². The van der Waals surface area contributed by atoms with E-state index in [2.05, 4.69) is 35.4 Å². The summed E-state index contributed by atoms with van der Waals surface area (Å²) in [6, 6.07) is 6.56. The van der Waals surface area contributed by atoms with Crippen LogP contribution in [0.3, 0.4) is 0 Å². The number of H-pyrrole nitrogens is 1. The predicted molar refractivity (Wildman–Crippen MR) is 71.2 cm³/mol. The highest BCUT2D eigenvalue weighted by Gasteiger charge is 2.21. The molecule has 1 aliphatic rings. The Labute approximate surface area is 106 Å². The summed E-state index contributed by atoms with van der Waals surface area (Å²) in [5, 5.41) is 4.61. The van der Waals surface area contributed by atoms with Crippen molar-refractivity contribution in [3.8, 4) is 5.75 Å². The van der Waals surface area contributed by atoms with Crippen molar-refractivity contribution in [1.29, 1.82) is 0 Å². The van der Waals surface area contributed by atoms with E-state index in [-0.39, 0.29) is 6.04 Å². The van der Waals surface area contributed by atoms with Crippen molar-refractivity contribution in [3.05, 3.63) is 29.5 Å². The minimum Gasteiger partial charge on any atom is -0.496 e. The van der Waals surface area contributed by atoms with E-state index in [4.69, 9.17) is 9.47 Å². The fraction of sp³-hybridized carbons (Fsp3) is 0.429. The summed E-state index contributed by atoms with van der Waals surface area (Å²) < 4.78 is 11.1. The number of nitrogens with one attached hydrogen (secondary N) is 2. The summed E-state index contributed by atoms with van der Waals surface area (Å²) in [6.07, 6.45) is 0. The van der Waals surface area contributed by atoms with Crippen LogP contribution in [0.15, 0.2) is 18.2 Å². The van der Waals surface area contributed by atoms with Gasteiger partial charge in [0.05, 0.1) is 26.4 Å². The molecule has 0 saturated carbocycles. The molecule has 4 heteroatoms. The number of ether oxygens (including phenoxy) is 2. The summed E-state index contributed by atoms with van der Waals surface area (Å²) in [5.41, 5.74) is 3.43. The van der Waals surface area contributed by atoms with Crippen molar-refractivity contribution >= 4 is 10.9 Å². The summed E-state index contributed by atoms with van der Waals surface area (Å²) in [5.74, 6) is 0.944. The smallest absolute Gasteiger partial charge is 0.133 e. The molecule has 0 amide bonds. The van der Waals surface area contributed by atoms with Crippen LogP contribution in [0.1, 0.15) is 17.3 Å². The number of hydrogen-bond acceptors (Lipinski definition) is 3. The molecule has 1 saturated heterocycles. The van der Waals surface area contributed by atoms with Crippen molar-refractivity contribution in [1.82, 2.24) is 10.3 Å². The topological polar surface area (TPSA) is 46.3 Å². The quantitative estimate of drug-likeness (QED) is 0.853. The van der Waals surface area contributed by atoms with Gasteiger partial charge in [-0.3, -0.25) is 0 Å². The lowest BCUT2D eigenvalue weighted by Gasteiger charge is -2.25. The molecule has 2 aromatic rings. The first kappa shape index (κ1) is 11.6. The molecular formula is C14H18N2O2. The molecule has 1 aromatic carbocycles. The average Bonchev–Trinajstić information content (AvgIpc) is 2.78. The van der Waals surface area contributed by atoms with Gasteiger partial charge in [-0.05, 0) is 19.1 Å². The minimum atomic E-state index is 0.216. The maximum absolute atomic E-state index is 5.61. The fourth-order valence-electron chi connectivity index (χ4n) is 2.60. The third-order valence-corrected chi connectivity index (χ3v) is 3.42. The molecule has 1 unspecified atom stereocenters.